The molecule has 0 radical (unpaired) electrons. The number of carbonyl (C=O) groups excluding carboxylic acids is 1. The molecule has 8 nitrogen and oxygen atoms in total. The summed E-state index contributed by atoms with van der Waals surface area (Å²) in [5.41, 5.74) is -0.996. The Balaban J connectivity index is 1.54. The first-order chi connectivity index (χ1) is 14.8. The highest BCUT2D eigenvalue weighted by Crippen LogP contribution is 2.28. The van der Waals surface area contributed by atoms with Crippen molar-refractivity contribution in [2.45, 2.75) is 6.92 Å². The number of aromatic amines is 1. The van der Waals surface area contributed by atoms with Crippen LogP contribution in [0.25, 0.3) is 16.9 Å². The van der Waals surface area contributed by atoms with Crippen molar-refractivity contribution >= 4 is 28.6 Å². The summed E-state index contributed by atoms with van der Waals surface area (Å²) >= 11 is 0. The van der Waals surface area contributed by atoms with E-state index < -0.39 is 46.1 Å². The van der Waals surface area contributed by atoms with E-state index in [4.69, 9.17) is 0 Å². The highest BCUT2D eigenvalue weighted by Gasteiger charge is 2.24. The zero-order valence-corrected chi connectivity index (χ0v) is 15.6. The minimum atomic E-state index is -1.89. The Morgan fingerprint density at radius 3 is 2.39 bits per heavy atom. The molecule has 0 saturated heterocycles. The summed E-state index contributed by atoms with van der Waals surface area (Å²) in [5, 5.41) is 4.16. The van der Waals surface area contributed by atoms with Crippen LogP contribution in [0.4, 0.5) is 33.7 Å². The molecule has 4 aromatic rings. The van der Waals surface area contributed by atoms with E-state index in [1.54, 1.807) is 16.7 Å². The van der Waals surface area contributed by atoms with Crippen LogP contribution >= 0.6 is 0 Å². The number of urea groups is 1. The number of hydrogen-bond donors (Lipinski definition) is 3. The number of imidazole rings is 1. The van der Waals surface area contributed by atoms with Crippen molar-refractivity contribution < 1.29 is 22.4 Å². The Bertz CT molecular complexity index is 1350. The molecule has 31 heavy (non-hydrogen) atoms. The lowest BCUT2D eigenvalue weighted by atomic mass is 10.1. The van der Waals surface area contributed by atoms with Gasteiger partial charge in [-0.2, -0.15) is 0 Å². The third kappa shape index (κ3) is 3.47. The summed E-state index contributed by atoms with van der Waals surface area (Å²) in [7, 11) is 0. The number of benzene rings is 2. The molecule has 0 atom stereocenters. The van der Waals surface area contributed by atoms with Crippen LogP contribution < -0.4 is 16.2 Å². The first-order valence-electron chi connectivity index (χ1n) is 8.69. The predicted molar refractivity (Wildman–Crippen MR) is 103 cm³/mol. The molecule has 2 heterocycles. The van der Waals surface area contributed by atoms with Crippen LogP contribution in [-0.4, -0.2) is 25.6 Å². The number of halogens is 4. The van der Waals surface area contributed by atoms with Gasteiger partial charge in [0, 0.05) is 16.9 Å². The lowest BCUT2D eigenvalue weighted by Crippen LogP contribution is -2.22. The number of nitrogens with one attached hydrogen (secondary N) is 3. The average molecular weight is 432 g/mol. The van der Waals surface area contributed by atoms with E-state index in [1.807, 2.05) is 5.32 Å². The van der Waals surface area contributed by atoms with Crippen molar-refractivity contribution in [3.8, 4) is 5.69 Å². The molecular formula is C19H12F4N6O2. The van der Waals surface area contributed by atoms with Crippen LogP contribution in [-0.2, 0) is 0 Å². The van der Waals surface area contributed by atoms with Gasteiger partial charge in [0.15, 0.2) is 34.4 Å². The molecule has 3 N–H and O–H groups in total. The standard InChI is InChI=1S/C19H12F4N6O2/c1-8-11(20)13(22)14(23)15(12(8)21)28-19(31)27-9-2-4-10(5-3-9)29-7-26-16-17(29)24-6-25-18(16)30/h2-7H,1H3,(H,24,25,30)(H2,27,28,31). The third-order valence-corrected chi connectivity index (χ3v) is 4.46. The molecule has 0 aliphatic heterocycles. The Kier molecular flexibility index (Phi) is 4.89. The predicted octanol–water partition coefficient (Wildman–Crippen LogP) is 3.62. The van der Waals surface area contributed by atoms with E-state index in [0.29, 0.717) is 11.3 Å². The van der Waals surface area contributed by atoms with Crippen LogP contribution in [0.5, 0.6) is 0 Å². The van der Waals surface area contributed by atoms with Gasteiger partial charge in [0.2, 0.25) is 0 Å². The van der Waals surface area contributed by atoms with Gasteiger partial charge in [0.25, 0.3) is 5.56 Å². The Morgan fingerprint density at radius 1 is 0.968 bits per heavy atom. The van der Waals surface area contributed by atoms with Gasteiger partial charge in [-0.25, -0.2) is 32.3 Å². The number of anilines is 2. The molecule has 0 unspecified atom stereocenters. The highest BCUT2D eigenvalue weighted by atomic mass is 19.2. The smallest absolute Gasteiger partial charge is 0.311 e. The second-order valence-corrected chi connectivity index (χ2v) is 6.40. The number of carbonyl (C=O) groups is 1. The van der Waals surface area contributed by atoms with Crippen molar-refractivity contribution in [3.63, 3.8) is 0 Å². The zero-order valence-electron chi connectivity index (χ0n) is 15.6. The Hall–Kier alpha value is -4.22. The van der Waals surface area contributed by atoms with E-state index in [9.17, 15) is 27.2 Å². The summed E-state index contributed by atoms with van der Waals surface area (Å²) in [6, 6.07) is 5.01. The van der Waals surface area contributed by atoms with Gasteiger partial charge in [-0.1, -0.05) is 0 Å². The first-order valence-corrected chi connectivity index (χ1v) is 8.69. The first kappa shape index (κ1) is 20.1. The van der Waals surface area contributed by atoms with Crippen molar-refractivity contribution in [2.24, 2.45) is 0 Å². The van der Waals surface area contributed by atoms with Crippen LogP contribution in [0.2, 0.25) is 0 Å². The average Bonchev–Trinajstić information content (AvgIpc) is 3.20. The second kappa shape index (κ2) is 7.55. The monoisotopic (exact) mass is 432 g/mol. The number of nitrogens with zero attached hydrogens (tertiary/aromatic N) is 3. The van der Waals surface area contributed by atoms with Crippen molar-refractivity contribution in [3.05, 3.63) is 76.1 Å². The lowest BCUT2D eigenvalue weighted by molar-refractivity contribution is 0.262. The molecule has 0 fully saturated rings. The number of fused-ring (bicyclic) bond motifs is 1. The molecule has 2 amide bonds. The van der Waals surface area contributed by atoms with E-state index >= 15 is 0 Å². The summed E-state index contributed by atoms with van der Waals surface area (Å²) in [6.45, 7) is 0.914. The van der Waals surface area contributed by atoms with Gasteiger partial charge >= 0.3 is 6.03 Å². The minimum Gasteiger partial charge on any atom is -0.311 e. The van der Waals surface area contributed by atoms with Crippen molar-refractivity contribution in [1.29, 1.82) is 0 Å². The number of aromatic nitrogens is 4. The van der Waals surface area contributed by atoms with Gasteiger partial charge in [-0.15, -0.1) is 0 Å². The molecule has 2 aromatic carbocycles. The molecule has 158 valence electrons. The molecule has 0 spiro atoms. The number of hydrogen-bond acceptors (Lipinski definition) is 4. The second-order valence-electron chi connectivity index (χ2n) is 6.40. The van der Waals surface area contributed by atoms with E-state index in [1.165, 1.54) is 24.8 Å². The molecule has 0 aliphatic carbocycles. The fourth-order valence-electron chi connectivity index (χ4n) is 2.88. The molecular weight excluding hydrogens is 420 g/mol. The van der Waals surface area contributed by atoms with E-state index in [2.05, 4.69) is 20.3 Å². The van der Waals surface area contributed by atoms with Crippen molar-refractivity contribution in [1.82, 2.24) is 19.5 Å². The zero-order chi connectivity index (χ0) is 22.3. The topological polar surface area (TPSA) is 105 Å². The molecule has 0 bridgehead atoms. The maximum Gasteiger partial charge on any atom is 0.323 e. The van der Waals surface area contributed by atoms with Crippen LogP contribution in [0, 0.1) is 30.2 Å². The highest BCUT2D eigenvalue weighted by molar-refractivity contribution is 6.00. The fourth-order valence-corrected chi connectivity index (χ4v) is 2.88. The Morgan fingerprint density at radius 2 is 1.68 bits per heavy atom. The number of amides is 2. The molecule has 12 heteroatoms. The van der Waals surface area contributed by atoms with E-state index in [0.717, 1.165) is 6.92 Å². The maximum absolute atomic E-state index is 14.0. The van der Waals surface area contributed by atoms with E-state index in [-0.39, 0.29) is 11.2 Å². The third-order valence-electron chi connectivity index (χ3n) is 4.46. The summed E-state index contributed by atoms with van der Waals surface area (Å²) in [5.74, 6) is -6.82. The summed E-state index contributed by atoms with van der Waals surface area (Å²) < 4.78 is 56.3. The van der Waals surface area contributed by atoms with Crippen LogP contribution in [0.1, 0.15) is 5.56 Å². The Labute approximate surface area is 170 Å². The van der Waals surface area contributed by atoms with Gasteiger partial charge in [-0.05, 0) is 31.2 Å². The van der Waals surface area contributed by atoms with Gasteiger partial charge < -0.3 is 15.6 Å². The molecule has 2 aromatic heterocycles. The normalized spacial score (nSPS) is 11.0. The quantitative estimate of drug-likeness (QED) is 0.261. The number of H-pyrrole nitrogens is 1. The van der Waals surface area contributed by atoms with Crippen LogP contribution in [0.3, 0.4) is 0 Å². The fraction of sp³-hybridized carbons (Fsp3) is 0.0526. The molecule has 0 saturated carbocycles. The molecule has 0 aliphatic rings. The maximum atomic E-state index is 14.0. The lowest BCUT2D eigenvalue weighted by Gasteiger charge is -2.12. The van der Waals surface area contributed by atoms with Crippen LogP contribution in [0.15, 0.2) is 41.7 Å². The minimum absolute atomic E-state index is 0.148. The van der Waals surface area contributed by atoms with Crippen molar-refractivity contribution in [2.75, 3.05) is 10.6 Å². The largest absolute Gasteiger partial charge is 0.323 e. The summed E-state index contributed by atoms with van der Waals surface area (Å²) in [6.07, 6.45) is 2.64. The van der Waals surface area contributed by atoms with Gasteiger partial charge in [0.1, 0.15) is 12.0 Å². The summed E-state index contributed by atoms with van der Waals surface area (Å²) in [4.78, 5) is 34.3. The number of rotatable bonds is 3. The molecule has 4 rings (SSSR count). The SMILES string of the molecule is Cc1c(F)c(F)c(F)c(NC(=O)Nc2ccc(-n3cnc4c(=O)[nH]cnc43)cc2)c1F. The van der Waals surface area contributed by atoms with Gasteiger partial charge in [-0.3, -0.25) is 9.36 Å². The van der Waals surface area contributed by atoms with Gasteiger partial charge in [0.05, 0.1) is 6.33 Å².